The number of rotatable bonds is 1. The Labute approximate surface area is 163 Å². The molecule has 150 valence electrons. The van der Waals surface area contributed by atoms with Gasteiger partial charge in [0.15, 0.2) is 5.79 Å². The summed E-state index contributed by atoms with van der Waals surface area (Å²) < 4.78 is 12.3. The van der Waals surface area contributed by atoms with Gasteiger partial charge in [-0.2, -0.15) is 0 Å². The van der Waals surface area contributed by atoms with Gasteiger partial charge >= 0.3 is 0 Å². The summed E-state index contributed by atoms with van der Waals surface area (Å²) in [5, 5.41) is 12.7. The largest absolute Gasteiger partial charge is 0.411 e. The summed E-state index contributed by atoms with van der Waals surface area (Å²) in [5.41, 5.74) is 3.09. The van der Waals surface area contributed by atoms with E-state index < -0.39 is 0 Å². The number of hydrogen-bond acceptors (Lipinski definition) is 4. The molecule has 5 aliphatic rings. The van der Waals surface area contributed by atoms with E-state index in [-0.39, 0.29) is 5.79 Å². The lowest BCUT2D eigenvalue weighted by Gasteiger charge is -2.59. The van der Waals surface area contributed by atoms with Crippen LogP contribution in [0.4, 0.5) is 0 Å². The minimum Gasteiger partial charge on any atom is -0.411 e. The molecule has 0 aromatic carbocycles. The van der Waals surface area contributed by atoms with Crippen LogP contribution in [-0.4, -0.2) is 29.9 Å². The molecule has 27 heavy (non-hydrogen) atoms. The lowest BCUT2D eigenvalue weighted by Crippen LogP contribution is -2.53. The highest BCUT2D eigenvalue weighted by Crippen LogP contribution is 2.68. The van der Waals surface area contributed by atoms with Crippen molar-refractivity contribution in [2.75, 3.05) is 13.2 Å². The third-order valence-electron chi connectivity index (χ3n) is 9.60. The summed E-state index contributed by atoms with van der Waals surface area (Å²) >= 11 is 0. The van der Waals surface area contributed by atoms with Gasteiger partial charge in [0, 0.05) is 5.92 Å². The zero-order valence-corrected chi connectivity index (χ0v) is 17.2. The molecule has 0 aromatic rings. The second kappa shape index (κ2) is 6.06. The molecule has 6 atom stereocenters. The van der Waals surface area contributed by atoms with Crippen molar-refractivity contribution in [2.45, 2.75) is 77.9 Å². The van der Waals surface area contributed by atoms with E-state index in [4.69, 9.17) is 9.47 Å². The van der Waals surface area contributed by atoms with E-state index in [1.54, 1.807) is 5.57 Å². The molecule has 1 saturated heterocycles. The van der Waals surface area contributed by atoms with E-state index in [0.717, 1.165) is 49.5 Å². The van der Waals surface area contributed by atoms with Gasteiger partial charge in [-0.05, 0) is 93.0 Å². The Morgan fingerprint density at radius 3 is 2.48 bits per heavy atom. The molecule has 0 radical (unpaired) electrons. The number of nitrogens with zero attached hydrogens (tertiary/aromatic N) is 1. The number of hydrogen-bond donors (Lipinski definition) is 1. The van der Waals surface area contributed by atoms with Crippen molar-refractivity contribution < 1.29 is 14.7 Å². The van der Waals surface area contributed by atoms with Crippen LogP contribution in [0.5, 0.6) is 0 Å². The molecule has 3 saturated carbocycles. The van der Waals surface area contributed by atoms with Crippen molar-refractivity contribution in [1.29, 1.82) is 0 Å². The first-order chi connectivity index (χ1) is 12.9. The third-order valence-corrected chi connectivity index (χ3v) is 9.60. The van der Waals surface area contributed by atoms with Gasteiger partial charge in [0.2, 0.25) is 0 Å². The van der Waals surface area contributed by atoms with E-state index in [1.165, 1.54) is 38.5 Å². The summed E-state index contributed by atoms with van der Waals surface area (Å²) in [6, 6.07) is 0. The average molecular weight is 374 g/mol. The SMILES string of the molecule is CC1([C@H]2CC[C@H]3[C@@H]4CCC5=C/C(=N/O)CC[C@]5(C)[C@H]4CC[C@]23C)OCCO1. The highest BCUT2D eigenvalue weighted by atomic mass is 16.7. The third kappa shape index (κ3) is 2.45. The Hall–Kier alpha value is -0.870. The van der Waals surface area contributed by atoms with Crippen LogP contribution < -0.4 is 0 Å². The molecule has 5 rings (SSSR count). The Morgan fingerprint density at radius 2 is 1.74 bits per heavy atom. The topological polar surface area (TPSA) is 51.1 Å². The highest BCUT2D eigenvalue weighted by molar-refractivity contribution is 5.96. The highest BCUT2D eigenvalue weighted by Gasteiger charge is 2.62. The first-order valence-electron chi connectivity index (χ1n) is 11.1. The van der Waals surface area contributed by atoms with Gasteiger partial charge in [0.05, 0.1) is 18.9 Å². The predicted molar refractivity (Wildman–Crippen MR) is 105 cm³/mol. The zero-order chi connectivity index (χ0) is 18.9. The standard InChI is InChI=1S/C23H35NO3/c1-21-10-8-16(24-25)14-15(21)4-5-17-18-6-7-20(23(3)26-12-13-27-23)22(18,2)11-9-19(17)21/h14,17-20,25H,4-13H2,1-3H3/b24-16+/t17-,18-,19-,20-,21-,22-/m0/s1. The van der Waals surface area contributed by atoms with Gasteiger partial charge in [-0.15, -0.1) is 0 Å². The lowest BCUT2D eigenvalue weighted by atomic mass is 9.46. The Balaban J connectivity index is 1.44. The van der Waals surface area contributed by atoms with Crippen molar-refractivity contribution in [3.63, 3.8) is 0 Å². The molecule has 4 nitrogen and oxygen atoms in total. The van der Waals surface area contributed by atoms with E-state index in [0.29, 0.717) is 16.7 Å². The predicted octanol–water partition coefficient (Wildman–Crippen LogP) is 5.16. The molecule has 0 unspecified atom stereocenters. The van der Waals surface area contributed by atoms with Gasteiger partial charge in [-0.25, -0.2) is 0 Å². The van der Waals surface area contributed by atoms with Crippen LogP contribution in [0.25, 0.3) is 0 Å². The van der Waals surface area contributed by atoms with Crippen LogP contribution in [0, 0.1) is 34.5 Å². The number of ether oxygens (including phenoxy) is 2. The van der Waals surface area contributed by atoms with E-state index in [1.807, 2.05) is 0 Å². The molecule has 0 bridgehead atoms. The normalized spacial score (nSPS) is 50.0. The van der Waals surface area contributed by atoms with Crippen LogP contribution in [0.15, 0.2) is 16.8 Å². The number of oxime groups is 1. The summed E-state index contributed by atoms with van der Waals surface area (Å²) in [6.07, 6.45) is 12.0. The molecule has 0 aromatic heterocycles. The van der Waals surface area contributed by atoms with Crippen LogP contribution in [0.3, 0.4) is 0 Å². The van der Waals surface area contributed by atoms with Gasteiger partial charge < -0.3 is 14.7 Å². The Kier molecular flexibility index (Phi) is 4.08. The maximum absolute atomic E-state index is 9.23. The van der Waals surface area contributed by atoms with E-state index in [9.17, 15) is 5.21 Å². The second-order valence-electron chi connectivity index (χ2n) is 10.5. The van der Waals surface area contributed by atoms with Crippen LogP contribution in [-0.2, 0) is 9.47 Å². The van der Waals surface area contributed by atoms with E-state index in [2.05, 4.69) is 32.0 Å². The maximum atomic E-state index is 9.23. The first-order valence-corrected chi connectivity index (χ1v) is 11.1. The van der Waals surface area contributed by atoms with Gasteiger partial charge in [-0.3, -0.25) is 0 Å². The van der Waals surface area contributed by atoms with Crippen LogP contribution >= 0.6 is 0 Å². The minimum atomic E-state index is -0.364. The van der Waals surface area contributed by atoms with Crippen molar-refractivity contribution in [1.82, 2.24) is 0 Å². The first kappa shape index (κ1) is 18.2. The van der Waals surface area contributed by atoms with Crippen molar-refractivity contribution in [2.24, 2.45) is 39.7 Å². The summed E-state index contributed by atoms with van der Waals surface area (Å²) in [6.45, 7) is 8.75. The molecule has 4 fully saturated rings. The number of fused-ring (bicyclic) bond motifs is 5. The lowest BCUT2D eigenvalue weighted by molar-refractivity contribution is -0.214. The fourth-order valence-electron chi connectivity index (χ4n) is 8.24. The van der Waals surface area contributed by atoms with Gasteiger partial charge in [0.25, 0.3) is 0 Å². The number of allylic oxidation sites excluding steroid dienone is 2. The Bertz CT molecular complexity index is 679. The molecule has 0 spiro atoms. The summed E-state index contributed by atoms with van der Waals surface area (Å²) in [7, 11) is 0. The zero-order valence-electron chi connectivity index (χ0n) is 17.2. The Morgan fingerprint density at radius 1 is 0.963 bits per heavy atom. The fourth-order valence-corrected chi connectivity index (χ4v) is 8.24. The summed E-state index contributed by atoms with van der Waals surface area (Å²) in [4.78, 5) is 0. The molecule has 1 heterocycles. The van der Waals surface area contributed by atoms with Crippen molar-refractivity contribution in [3.8, 4) is 0 Å². The quantitative estimate of drug-likeness (QED) is 0.510. The van der Waals surface area contributed by atoms with Crippen molar-refractivity contribution in [3.05, 3.63) is 11.6 Å². The van der Waals surface area contributed by atoms with Gasteiger partial charge in [0.1, 0.15) is 0 Å². The second-order valence-corrected chi connectivity index (χ2v) is 10.5. The molecule has 1 aliphatic heterocycles. The molecular formula is C23H35NO3. The van der Waals surface area contributed by atoms with E-state index >= 15 is 0 Å². The molecule has 4 aliphatic carbocycles. The fraction of sp³-hybridized carbons (Fsp3) is 0.870. The van der Waals surface area contributed by atoms with Crippen LogP contribution in [0.2, 0.25) is 0 Å². The maximum Gasteiger partial charge on any atom is 0.169 e. The molecular weight excluding hydrogens is 338 g/mol. The molecule has 0 amide bonds. The molecule has 4 heteroatoms. The van der Waals surface area contributed by atoms with Crippen molar-refractivity contribution >= 4 is 5.71 Å². The van der Waals surface area contributed by atoms with Crippen LogP contribution in [0.1, 0.15) is 72.1 Å². The monoisotopic (exact) mass is 373 g/mol. The average Bonchev–Trinajstić information content (AvgIpc) is 3.24. The summed E-state index contributed by atoms with van der Waals surface area (Å²) in [5.74, 6) is 2.58. The smallest absolute Gasteiger partial charge is 0.169 e. The molecule has 1 N–H and O–H groups in total. The van der Waals surface area contributed by atoms with Gasteiger partial charge in [-0.1, -0.05) is 24.6 Å². The minimum absolute atomic E-state index is 0.306.